The summed E-state index contributed by atoms with van der Waals surface area (Å²) in [5.41, 5.74) is 0.428. The number of carbonyl (C=O) groups is 1. The number of methoxy groups -OCH3 is 1. The van der Waals surface area contributed by atoms with E-state index in [0.717, 1.165) is 13.0 Å². The minimum absolute atomic E-state index is 0. The Kier molecular flexibility index (Phi) is 3.78. The van der Waals surface area contributed by atoms with Gasteiger partial charge in [-0.2, -0.15) is 0 Å². The topological polar surface area (TPSA) is 38.3 Å². The van der Waals surface area contributed by atoms with E-state index in [2.05, 4.69) is 10.1 Å². The maximum Gasteiger partial charge on any atom is 0.305 e. The first-order valence-corrected chi connectivity index (χ1v) is 5.06. The van der Waals surface area contributed by atoms with Crippen molar-refractivity contribution in [3.8, 4) is 0 Å². The normalized spacial score (nSPS) is 27.9. The van der Waals surface area contributed by atoms with Gasteiger partial charge < -0.3 is 10.1 Å². The molecule has 82 valence electrons. The molecule has 1 N–H and O–H groups in total. The Balaban J connectivity index is 0.000000980. The average Bonchev–Trinajstić information content (AvgIpc) is 2.85. The number of ether oxygens (including phenoxy) is 1. The predicted molar refractivity (Wildman–Crippen MR) is 56.6 cm³/mol. The fourth-order valence-corrected chi connectivity index (χ4v) is 2.29. The van der Waals surface area contributed by atoms with E-state index in [-0.39, 0.29) is 18.4 Å². The highest BCUT2D eigenvalue weighted by Gasteiger charge is 2.45. The van der Waals surface area contributed by atoms with Crippen molar-refractivity contribution in [2.75, 3.05) is 13.7 Å². The van der Waals surface area contributed by atoms with Crippen LogP contribution in [-0.2, 0) is 9.53 Å². The average molecular weight is 220 g/mol. The lowest BCUT2D eigenvalue weighted by Crippen LogP contribution is -2.40. The first-order chi connectivity index (χ1) is 6.24. The summed E-state index contributed by atoms with van der Waals surface area (Å²) in [6, 6.07) is 0. The van der Waals surface area contributed by atoms with Crippen LogP contribution in [0.15, 0.2) is 0 Å². The standard InChI is InChI=1S/C10H17NO2.ClH/c1-13-9(12)6-8-2-5-11-10(7-8)3-4-10;/h8,11H,2-7H2,1H3;1H. The third-order valence-corrected chi connectivity index (χ3v) is 3.27. The van der Waals surface area contributed by atoms with E-state index < -0.39 is 0 Å². The summed E-state index contributed by atoms with van der Waals surface area (Å²) < 4.78 is 4.68. The molecule has 4 heteroatoms. The van der Waals surface area contributed by atoms with Crippen molar-refractivity contribution in [3.05, 3.63) is 0 Å². The Morgan fingerprint density at radius 3 is 2.86 bits per heavy atom. The molecular formula is C10H18ClNO2. The molecule has 2 fully saturated rings. The molecule has 0 aromatic rings. The van der Waals surface area contributed by atoms with Crippen LogP contribution in [0.5, 0.6) is 0 Å². The van der Waals surface area contributed by atoms with E-state index in [0.29, 0.717) is 17.9 Å². The van der Waals surface area contributed by atoms with Crippen LogP contribution in [0.1, 0.15) is 32.1 Å². The van der Waals surface area contributed by atoms with E-state index in [4.69, 9.17) is 0 Å². The van der Waals surface area contributed by atoms with Gasteiger partial charge >= 0.3 is 5.97 Å². The fourth-order valence-electron chi connectivity index (χ4n) is 2.29. The van der Waals surface area contributed by atoms with Gasteiger partial charge in [0.2, 0.25) is 0 Å². The van der Waals surface area contributed by atoms with Crippen molar-refractivity contribution in [1.29, 1.82) is 0 Å². The second kappa shape index (κ2) is 4.49. The van der Waals surface area contributed by atoms with Gasteiger partial charge in [-0.3, -0.25) is 4.79 Å². The fraction of sp³-hybridized carbons (Fsp3) is 0.900. The molecule has 1 aliphatic heterocycles. The largest absolute Gasteiger partial charge is 0.469 e. The van der Waals surface area contributed by atoms with Crippen LogP contribution < -0.4 is 5.32 Å². The molecule has 1 heterocycles. The molecule has 1 saturated carbocycles. The van der Waals surface area contributed by atoms with Crippen molar-refractivity contribution >= 4 is 18.4 Å². The summed E-state index contributed by atoms with van der Waals surface area (Å²) in [5.74, 6) is 0.499. The van der Waals surface area contributed by atoms with Crippen molar-refractivity contribution in [2.24, 2.45) is 5.92 Å². The Labute approximate surface area is 91.0 Å². The second-order valence-corrected chi connectivity index (χ2v) is 4.35. The zero-order valence-electron chi connectivity index (χ0n) is 8.54. The van der Waals surface area contributed by atoms with Gasteiger partial charge in [-0.15, -0.1) is 12.4 Å². The minimum atomic E-state index is -0.0531. The minimum Gasteiger partial charge on any atom is -0.469 e. The molecule has 14 heavy (non-hydrogen) atoms. The third kappa shape index (κ3) is 2.61. The maximum atomic E-state index is 11.1. The molecule has 0 aromatic heterocycles. The van der Waals surface area contributed by atoms with Gasteiger partial charge in [-0.25, -0.2) is 0 Å². The number of piperidine rings is 1. The van der Waals surface area contributed by atoms with Crippen molar-refractivity contribution in [1.82, 2.24) is 5.32 Å². The molecule has 0 bridgehead atoms. The summed E-state index contributed by atoms with van der Waals surface area (Å²) in [6.07, 6.45) is 5.49. The van der Waals surface area contributed by atoms with Gasteiger partial charge in [-0.05, 0) is 38.1 Å². The van der Waals surface area contributed by atoms with Gasteiger partial charge in [0.1, 0.15) is 0 Å². The smallest absolute Gasteiger partial charge is 0.305 e. The van der Waals surface area contributed by atoms with Gasteiger partial charge in [0.15, 0.2) is 0 Å². The highest BCUT2D eigenvalue weighted by molar-refractivity contribution is 5.85. The molecule has 0 aromatic carbocycles. The first-order valence-electron chi connectivity index (χ1n) is 5.06. The molecule has 0 radical (unpaired) electrons. The van der Waals surface area contributed by atoms with Gasteiger partial charge in [0.25, 0.3) is 0 Å². The molecule has 1 spiro atoms. The first kappa shape index (κ1) is 11.8. The lowest BCUT2D eigenvalue weighted by Gasteiger charge is -2.29. The molecule has 2 rings (SSSR count). The van der Waals surface area contributed by atoms with Crippen LogP contribution in [0.4, 0.5) is 0 Å². The summed E-state index contributed by atoms with van der Waals surface area (Å²) in [6.45, 7) is 1.07. The third-order valence-electron chi connectivity index (χ3n) is 3.27. The van der Waals surface area contributed by atoms with Crippen LogP contribution >= 0.6 is 12.4 Å². The summed E-state index contributed by atoms with van der Waals surface area (Å²) in [7, 11) is 1.47. The summed E-state index contributed by atoms with van der Waals surface area (Å²) in [4.78, 5) is 11.1. The molecule has 1 saturated heterocycles. The molecular weight excluding hydrogens is 202 g/mol. The monoisotopic (exact) mass is 219 g/mol. The van der Waals surface area contributed by atoms with E-state index in [1.807, 2.05) is 0 Å². The van der Waals surface area contributed by atoms with E-state index in [1.165, 1.54) is 26.4 Å². The van der Waals surface area contributed by atoms with Gasteiger partial charge in [0.05, 0.1) is 7.11 Å². The maximum absolute atomic E-state index is 11.1. The summed E-state index contributed by atoms with van der Waals surface area (Å²) in [5, 5.41) is 3.54. The van der Waals surface area contributed by atoms with Crippen LogP contribution in [-0.4, -0.2) is 25.2 Å². The Hall–Kier alpha value is -0.280. The molecule has 0 amide bonds. The molecule has 3 nitrogen and oxygen atoms in total. The Morgan fingerprint density at radius 1 is 1.57 bits per heavy atom. The van der Waals surface area contributed by atoms with Crippen LogP contribution in [0, 0.1) is 5.92 Å². The number of rotatable bonds is 2. The number of esters is 1. The van der Waals surface area contributed by atoms with Gasteiger partial charge in [-0.1, -0.05) is 0 Å². The van der Waals surface area contributed by atoms with Crippen LogP contribution in [0.3, 0.4) is 0 Å². The number of carbonyl (C=O) groups excluding carboxylic acids is 1. The van der Waals surface area contributed by atoms with Crippen LogP contribution in [0.2, 0.25) is 0 Å². The highest BCUT2D eigenvalue weighted by Crippen LogP contribution is 2.44. The van der Waals surface area contributed by atoms with Crippen molar-refractivity contribution < 1.29 is 9.53 Å². The number of nitrogens with one attached hydrogen (secondary N) is 1. The molecule has 1 aliphatic carbocycles. The van der Waals surface area contributed by atoms with Crippen molar-refractivity contribution in [2.45, 2.75) is 37.6 Å². The number of halogens is 1. The van der Waals surface area contributed by atoms with Crippen molar-refractivity contribution in [3.63, 3.8) is 0 Å². The molecule has 1 unspecified atom stereocenters. The zero-order valence-corrected chi connectivity index (χ0v) is 9.36. The second-order valence-electron chi connectivity index (χ2n) is 4.35. The van der Waals surface area contributed by atoms with Crippen LogP contribution in [0.25, 0.3) is 0 Å². The Bertz CT molecular complexity index is 216. The Morgan fingerprint density at radius 2 is 2.29 bits per heavy atom. The van der Waals surface area contributed by atoms with E-state index in [1.54, 1.807) is 0 Å². The van der Waals surface area contributed by atoms with Gasteiger partial charge in [0, 0.05) is 12.0 Å². The highest BCUT2D eigenvalue weighted by atomic mass is 35.5. The van der Waals surface area contributed by atoms with E-state index >= 15 is 0 Å². The lowest BCUT2D eigenvalue weighted by atomic mass is 9.88. The lowest BCUT2D eigenvalue weighted by molar-refractivity contribution is -0.142. The summed E-state index contributed by atoms with van der Waals surface area (Å²) >= 11 is 0. The quantitative estimate of drug-likeness (QED) is 0.716. The van der Waals surface area contributed by atoms with E-state index in [9.17, 15) is 4.79 Å². The molecule has 1 atom stereocenters. The number of hydrogen-bond acceptors (Lipinski definition) is 3. The predicted octanol–water partition coefficient (Wildman–Crippen LogP) is 1.50. The zero-order chi connectivity index (χ0) is 9.31. The molecule has 2 aliphatic rings. The number of hydrogen-bond donors (Lipinski definition) is 1. The SMILES string of the molecule is COC(=O)CC1CCNC2(CC2)C1.Cl.